The highest BCUT2D eigenvalue weighted by molar-refractivity contribution is 6.22. The summed E-state index contributed by atoms with van der Waals surface area (Å²) in [6.45, 7) is 1.64. The Morgan fingerprint density at radius 1 is 1.45 bits per heavy atom. The van der Waals surface area contributed by atoms with Gasteiger partial charge in [0.1, 0.15) is 0 Å². The summed E-state index contributed by atoms with van der Waals surface area (Å²) in [5, 5.41) is 14.6. The van der Waals surface area contributed by atoms with Gasteiger partial charge in [-0.3, -0.25) is 14.5 Å². The molecule has 0 unspecified atom stereocenters. The van der Waals surface area contributed by atoms with Crippen molar-refractivity contribution in [3.63, 3.8) is 0 Å². The first kappa shape index (κ1) is 13.2. The lowest BCUT2D eigenvalue weighted by atomic mass is 9.65. The third kappa shape index (κ3) is 1.43. The minimum atomic E-state index is -2.01. The van der Waals surface area contributed by atoms with Crippen LogP contribution in [0.15, 0.2) is 16.7 Å². The third-order valence-corrected chi connectivity index (χ3v) is 4.24. The van der Waals surface area contributed by atoms with Crippen LogP contribution in [0.5, 0.6) is 0 Å². The van der Waals surface area contributed by atoms with Gasteiger partial charge in [0.2, 0.25) is 5.78 Å². The largest absolute Gasteiger partial charge is 0.374 e. The fraction of sp³-hybridized carbons (Fsp3) is 0.500. The van der Waals surface area contributed by atoms with Crippen LogP contribution in [0.2, 0.25) is 0 Å². The summed E-state index contributed by atoms with van der Waals surface area (Å²) in [7, 11) is 3.65. The molecule has 20 heavy (non-hydrogen) atoms. The number of rotatable bonds is 1. The highest BCUT2D eigenvalue weighted by atomic mass is 16.5. The van der Waals surface area contributed by atoms with Crippen molar-refractivity contribution >= 4 is 11.6 Å². The molecule has 0 bridgehead atoms. The zero-order valence-corrected chi connectivity index (χ0v) is 11.6. The highest BCUT2D eigenvalue weighted by Gasteiger charge is 2.60. The van der Waals surface area contributed by atoms with E-state index in [2.05, 4.69) is 5.16 Å². The Hall–Kier alpha value is -1.79. The second-order valence-corrected chi connectivity index (χ2v) is 5.62. The molecule has 0 amide bonds. The maximum absolute atomic E-state index is 12.6. The normalized spacial score (nSPS) is 32.5. The van der Waals surface area contributed by atoms with Crippen LogP contribution in [-0.2, 0) is 4.79 Å². The first-order valence-electron chi connectivity index (χ1n) is 6.49. The Morgan fingerprint density at radius 3 is 2.80 bits per heavy atom. The predicted molar refractivity (Wildman–Crippen MR) is 69.2 cm³/mol. The minimum absolute atomic E-state index is 0.242. The number of nitrogens with zero attached hydrogens (tertiary/aromatic N) is 2. The van der Waals surface area contributed by atoms with Gasteiger partial charge in [0, 0.05) is 5.92 Å². The van der Waals surface area contributed by atoms with Gasteiger partial charge < -0.3 is 9.63 Å². The molecule has 1 heterocycles. The van der Waals surface area contributed by atoms with Gasteiger partial charge in [-0.1, -0.05) is 11.2 Å². The topological polar surface area (TPSA) is 83.6 Å². The van der Waals surface area contributed by atoms with E-state index in [9.17, 15) is 14.7 Å². The molecule has 0 spiro atoms. The van der Waals surface area contributed by atoms with Crippen LogP contribution in [0, 0.1) is 12.8 Å². The zero-order valence-electron chi connectivity index (χ0n) is 11.6. The maximum Gasteiger partial charge on any atom is 0.208 e. The predicted octanol–water partition coefficient (Wildman–Crippen LogP) is 0.658. The number of carbonyl (C=O) groups excluding carboxylic acids is 2. The van der Waals surface area contributed by atoms with Crippen LogP contribution in [0.1, 0.15) is 34.3 Å². The second kappa shape index (κ2) is 4.10. The number of fused-ring (bicyclic) bond motifs is 2. The Balaban J connectivity index is 2.28. The molecule has 3 atom stereocenters. The van der Waals surface area contributed by atoms with Gasteiger partial charge in [-0.15, -0.1) is 0 Å². The van der Waals surface area contributed by atoms with E-state index in [1.807, 2.05) is 19.0 Å². The highest BCUT2D eigenvalue weighted by Crippen LogP contribution is 2.47. The lowest BCUT2D eigenvalue weighted by molar-refractivity contribution is -0.137. The number of aliphatic hydroxyl groups is 1. The third-order valence-electron chi connectivity index (χ3n) is 4.24. The van der Waals surface area contributed by atoms with E-state index in [4.69, 9.17) is 4.52 Å². The molecular weight excluding hydrogens is 260 g/mol. The van der Waals surface area contributed by atoms with Crippen LogP contribution in [0.4, 0.5) is 0 Å². The summed E-state index contributed by atoms with van der Waals surface area (Å²) in [4.78, 5) is 26.6. The quantitative estimate of drug-likeness (QED) is 0.759. The summed E-state index contributed by atoms with van der Waals surface area (Å²) in [5.41, 5.74) is -1.36. The first-order valence-corrected chi connectivity index (χ1v) is 6.49. The number of hydrogen-bond acceptors (Lipinski definition) is 6. The average Bonchev–Trinajstić information content (AvgIpc) is 2.75. The molecule has 1 aromatic rings. The molecule has 1 aromatic heterocycles. The Kier molecular flexibility index (Phi) is 2.71. The van der Waals surface area contributed by atoms with Crippen molar-refractivity contribution in [3.05, 3.63) is 29.2 Å². The van der Waals surface area contributed by atoms with Crippen LogP contribution >= 0.6 is 0 Å². The van der Waals surface area contributed by atoms with Crippen LogP contribution in [0.3, 0.4) is 0 Å². The lowest BCUT2D eigenvalue weighted by Gasteiger charge is -2.44. The molecule has 6 heteroatoms. The first-order chi connectivity index (χ1) is 9.39. The van der Waals surface area contributed by atoms with Crippen LogP contribution in [-0.4, -0.2) is 46.4 Å². The molecule has 2 aliphatic carbocycles. The molecule has 0 saturated carbocycles. The van der Waals surface area contributed by atoms with E-state index in [0.717, 1.165) is 0 Å². The van der Waals surface area contributed by atoms with Crippen LogP contribution in [0.25, 0.3) is 0 Å². The number of allylic oxidation sites excluding steroid dienone is 1. The molecule has 0 aromatic carbocycles. The number of hydrogen-bond donors (Lipinski definition) is 1. The standard InChI is InChI=1S/C14H16N2O4/c1-7-10-12(20-15-7)11(16(2)3)8-5-4-6-9(17)14(8,19)13(10)18/h4,6,8,11,19H,5H2,1-3H3/t8-,11-,14-/m0/s1. The van der Waals surface area contributed by atoms with Crippen molar-refractivity contribution in [2.24, 2.45) is 5.92 Å². The Bertz CT molecular complexity index is 631. The van der Waals surface area contributed by atoms with E-state index in [1.165, 1.54) is 6.08 Å². The van der Waals surface area contributed by atoms with Gasteiger partial charge in [0.25, 0.3) is 0 Å². The summed E-state index contributed by atoms with van der Waals surface area (Å²) in [5.74, 6) is -1.27. The molecule has 2 aliphatic rings. The molecule has 106 valence electrons. The number of Topliss-reactive ketones (excluding diaryl/α,β-unsaturated/α-hetero) is 1. The Labute approximate surface area is 116 Å². The summed E-state index contributed by atoms with van der Waals surface area (Å²) < 4.78 is 5.30. The maximum atomic E-state index is 12.6. The van der Waals surface area contributed by atoms with E-state index in [0.29, 0.717) is 17.9 Å². The smallest absolute Gasteiger partial charge is 0.208 e. The van der Waals surface area contributed by atoms with E-state index < -0.39 is 23.1 Å². The molecule has 6 nitrogen and oxygen atoms in total. The zero-order chi connectivity index (χ0) is 14.7. The molecule has 0 saturated heterocycles. The minimum Gasteiger partial charge on any atom is -0.374 e. The summed E-state index contributed by atoms with van der Waals surface area (Å²) in [6.07, 6.45) is 3.42. The van der Waals surface area contributed by atoms with Crippen molar-refractivity contribution in [1.29, 1.82) is 0 Å². The monoisotopic (exact) mass is 276 g/mol. The van der Waals surface area contributed by atoms with Gasteiger partial charge in [0.15, 0.2) is 17.1 Å². The molecule has 0 fully saturated rings. The van der Waals surface area contributed by atoms with Gasteiger partial charge in [-0.05, 0) is 33.5 Å². The SMILES string of the molecule is Cc1noc2c1C(=O)[C@@]1(O)C(=O)C=CC[C@H]1[C@@H]2N(C)C. The summed E-state index contributed by atoms with van der Waals surface area (Å²) >= 11 is 0. The van der Waals surface area contributed by atoms with E-state index >= 15 is 0 Å². The molecular formula is C14H16N2O4. The van der Waals surface area contributed by atoms with Crippen molar-refractivity contribution in [3.8, 4) is 0 Å². The van der Waals surface area contributed by atoms with Gasteiger partial charge in [-0.25, -0.2) is 0 Å². The van der Waals surface area contributed by atoms with Gasteiger partial charge in [-0.2, -0.15) is 0 Å². The van der Waals surface area contributed by atoms with E-state index in [-0.39, 0.29) is 11.6 Å². The Morgan fingerprint density at radius 2 is 2.15 bits per heavy atom. The average molecular weight is 276 g/mol. The van der Waals surface area contributed by atoms with E-state index in [1.54, 1.807) is 13.0 Å². The number of aromatic nitrogens is 1. The van der Waals surface area contributed by atoms with Crippen molar-refractivity contribution < 1.29 is 19.2 Å². The fourth-order valence-electron chi connectivity index (χ4n) is 3.27. The van der Waals surface area contributed by atoms with Gasteiger partial charge >= 0.3 is 0 Å². The summed E-state index contributed by atoms with van der Waals surface area (Å²) in [6, 6.07) is -0.359. The molecule has 1 N–H and O–H groups in total. The molecule has 3 rings (SSSR count). The van der Waals surface area contributed by atoms with Crippen LogP contribution < -0.4 is 0 Å². The number of carbonyl (C=O) groups is 2. The van der Waals surface area contributed by atoms with Crippen molar-refractivity contribution in [1.82, 2.24) is 10.1 Å². The number of ketones is 2. The fourth-order valence-corrected chi connectivity index (χ4v) is 3.27. The van der Waals surface area contributed by atoms with Crippen molar-refractivity contribution in [2.45, 2.75) is 25.0 Å². The molecule has 0 aliphatic heterocycles. The molecule has 0 radical (unpaired) electrons. The lowest BCUT2D eigenvalue weighted by Crippen LogP contribution is -2.59. The van der Waals surface area contributed by atoms with Gasteiger partial charge in [0.05, 0.1) is 17.3 Å². The van der Waals surface area contributed by atoms with Crippen molar-refractivity contribution in [2.75, 3.05) is 14.1 Å². The number of aryl methyl sites for hydroxylation is 1. The second-order valence-electron chi connectivity index (χ2n) is 5.62.